The minimum Gasteiger partial charge on any atom is -0.368 e. The maximum atomic E-state index is 12.6. The van der Waals surface area contributed by atoms with Gasteiger partial charge in [0, 0.05) is 59.0 Å². The third-order valence-corrected chi connectivity index (χ3v) is 6.52. The van der Waals surface area contributed by atoms with E-state index in [1.54, 1.807) is 0 Å². The molecule has 0 radical (unpaired) electrons. The van der Waals surface area contributed by atoms with Gasteiger partial charge < -0.3 is 24.8 Å². The normalized spacial score (nSPS) is 27.8. The van der Waals surface area contributed by atoms with E-state index in [0.29, 0.717) is 0 Å². The zero-order valence-corrected chi connectivity index (χ0v) is 22.2. The highest BCUT2D eigenvalue weighted by Crippen LogP contribution is 2.21. The van der Waals surface area contributed by atoms with E-state index in [9.17, 15) is 4.79 Å². The number of carbonyl (C=O) groups is 1. The van der Waals surface area contributed by atoms with Crippen molar-refractivity contribution in [3.8, 4) is 0 Å². The maximum Gasteiger partial charge on any atom is 0.251 e. The van der Waals surface area contributed by atoms with Crippen molar-refractivity contribution in [1.82, 2.24) is 20.0 Å². The summed E-state index contributed by atoms with van der Waals surface area (Å²) in [6.45, 7) is 16.3. The molecule has 1 amide bonds. The van der Waals surface area contributed by atoms with Crippen LogP contribution in [0.4, 0.5) is 0 Å². The van der Waals surface area contributed by atoms with E-state index in [1.807, 2.05) is 4.90 Å². The van der Waals surface area contributed by atoms with Crippen LogP contribution >= 0.6 is 24.0 Å². The first kappa shape index (κ1) is 26.6. The Morgan fingerprint density at radius 2 is 1.74 bits per heavy atom. The number of ether oxygens (including phenoxy) is 1. The number of hydrogen-bond donors (Lipinski definition) is 1. The molecule has 0 aromatic heterocycles. The van der Waals surface area contributed by atoms with Gasteiger partial charge in [-0.05, 0) is 57.4 Å². The van der Waals surface area contributed by atoms with E-state index >= 15 is 0 Å². The van der Waals surface area contributed by atoms with Crippen LogP contribution in [0.2, 0.25) is 0 Å². The van der Waals surface area contributed by atoms with Gasteiger partial charge in [0.05, 0.1) is 0 Å². The zero-order chi connectivity index (χ0) is 21.3. The molecule has 0 saturated carbocycles. The van der Waals surface area contributed by atoms with Crippen LogP contribution in [0.25, 0.3) is 0 Å². The fourth-order valence-electron chi connectivity index (χ4n) is 5.15. The highest BCUT2D eigenvalue weighted by molar-refractivity contribution is 14.0. The molecule has 8 heteroatoms. The first-order chi connectivity index (χ1) is 14.6. The van der Waals surface area contributed by atoms with Crippen molar-refractivity contribution in [2.24, 2.45) is 16.8 Å². The third kappa shape index (κ3) is 8.35. The van der Waals surface area contributed by atoms with Gasteiger partial charge in [-0.2, -0.15) is 0 Å². The van der Waals surface area contributed by atoms with E-state index in [-0.39, 0.29) is 36.0 Å². The summed E-state index contributed by atoms with van der Waals surface area (Å²) in [5.41, 5.74) is 0. The highest BCUT2D eigenvalue weighted by Gasteiger charge is 2.30. The molecule has 180 valence electrons. The van der Waals surface area contributed by atoms with Crippen molar-refractivity contribution in [1.29, 1.82) is 0 Å². The predicted octanol–water partition coefficient (Wildman–Crippen LogP) is 2.65. The van der Waals surface area contributed by atoms with E-state index in [2.05, 4.69) is 35.9 Å². The van der Waals surface area contributed by atoms with Crippen molar-refractivity contribution < 1.29 is 9.53 Å². The van der Waals surface area contributed by atoms with Gasteiger partial charge in [0.2, 0.25) is 0 Å². The maximum absolute atomic E-state index is 12.6. The molecule has 31 heavy (non-hydrogen) atoms. The lowest BCUT2D eigenvalue weighted by molar-refractivity contribution is -0.142. The van der Waals surface area contributed by atoms with Gasteiger partial charge >= 0.3 is 0 Å². The molecular formula is C23H44IN5O2. The monoisotopic (exact) mass is 549 g/mol. The standard InChI is InChI=1S/C23H43N5O2.HI/c1-4-24-23(25-9-5-6-10-26-17-19(2)16-20(3)18-26)28-13-11-27(12-14-28)22(29)21-8-7-15-30-21;/h19-21H,4-18H2,1-3H3,(H,24,25);1H. The summed E-state index contributed by atoms with van der Waals surface area (Å²) < 4.78 is 5.57. The molecule has 0 bridgehead atoms. The van der Waals surface area contributed by atoms with Crippen LogP contribution in [-0.4, -0.2) is 98.2 Å². The average Bonchev–Trinajstić information content (AvgIpc) is 3.26. The van der Waals surface area contributed by atoms with Gasteiger partial charge in [-0.15, -0.1) is 24.0 Å². The number of piperidine rings is 1. The number of rotatable bonds is 7. The van der Waals surface area contributed by atoms with Crippen molar-refractivity contribution in [3.63, 3.8) is 0 Å². The Bertz CT molecular complexity index is 552. The quantitative estimate of drug-likeness (QED) is 0.229. The number of aliphatic imine (C=N–C) groups is 1. The largest absolute Gasteiger partial charge is 0.368 e. The van der Waals surface area contributed by atoms with Crippen LogP contribution in [0.15, 0.2) is 4.99 Å². The van der Waals surface area contributed by atoms with E-state index in [0.717, 1.165) is 82.9 Å². The van der Waals surface area contributed by atoms with E-state index in [4.69, 9.17) is 9.73 Å². The molecule has 0 spiro atoms. The number of nitrogens with one attached hydrogen (secondary N) is 1. The molecule has 3 fully saturated rings. The summed E-state index contributed by atoms with van der Waals surface area (Å²) in [6, 6.07) is 0. The van der Waals surface area contributed by atoms with Crippen LogP contribution in [-0.2, 0) is 9.53 Å². The van der Waals surface area contributed by atoms with Crippen molar-refractivity contribution in [2.45, 2.75) is 59.0 Å². The smallest absolute Gasteiger partial charge is 0.251 e. The summed E-state index contributed by atoms with van der Waals surface area (Å²) in [5, 5.41) is 3.44. The van der Waals surface area contributed by atoms with Crippen LogP contribution < -0.4 is 5.32 Å². The van der Waals surface area contributed by atoms with Gasteiger partial charge in [-0.25, -0.2) is 0 Å². The van der Waals surface area contributed by atoms with Gasteiger partial charge in [-0.1, -0.05) is 13.8 Å². The second kappa shape index (κ2) is 13.8. The summed E-state index contributed by atoms with van der Waals surface area (Å²) >= 11 is 0. The Morgan fingerprint density at radius 1 is 1.06 bits per heavy atom. The van der Waals surface area contributed by atoms with Crippen LogP contribution in [0.5, 0.6) is 0 Å². The van der Waals surface area contributed by atoms with E-state index in [1.165, 1.54) is 32.5 Å². The molecule has 0 aromatic carbocycles. The summed E-state index contributed by atoms with van der Waals surface area (Å²) in [5.74, 6) is 2.84. The van der Waals surface area contributed by atoms with Gasteiger partial charge in [-0.3, -0.25) is 9.79 Å². The molecule has 3 heterocycles. The zero-order valence-electron chi connectivity index (χ0n) is 19.9. The minimum absolute atomic E-state index is 0. The van der Waals surface area contributed by atoms with Crippen molar-refractivity contribution in [2.75, 3.05) is 65.5 Å². The second-order valence-corrected chi connectivity index (χ2v) is 9.46. The number of amides is 1. The van der Waals surface area contributed by atoms with Crippen LogP contribution in [0, 0.1) is 11.8 Å². The molecule has 0 aliphatic carbocycles. The lowest BCUT2D eigenvalue weighted by Crippen LogP contribution is -2.55. The number of carbonyl (C=O) groups excluding carboxylic acids is 1. The Kier molecular flexibility index (Phi) is 11.9. The second-order valence-electron chi connectivity index (χ2n) is 9.46. The molecule has 0 aromatic rings. The van der Waals surface area contributed by atoms with Crippen molar-refractivity contribution in [3.05, 3.63) is 0 Å². The van der Waals surface area contributed by atoms with Gasteiger partial charge in [0.25, 0.3) is 5.91 Å². The van der Waals surface area contributed by atoms with Gasteiger partial charge in [0.1, 0.15) is 6.10 Å². The average molecular weight is 550 g/mol. The first-order valence-corrected chi connectivity index (χ1v) is 12.2. The Balaban J connectivity index is 0.00000341. The fourth-order valence-corrected chi connectivity index (χ4v) is 5.15. The first-order valence-electron chi connectivity index (χ1n) is 12.2. The number of hydrogen-bond acceptors (Lipinski definition) is 4. The van der Waals surface area contributed by atoms with Crippen LogP contribution in [0.3, 0.4) is 0 Å². The number of guanidine groups is 1. The molecule has 3 aliphatic rings. The Morgan fingerprint density at radius 3 is 2.35 bits per heavy atom. The molecule has 3 unspecified atom stereocenters. The number of halogens is 1. The van der Waals surface area contributed by atoms with Crippen molar-refractivity contribution >= 4 is 35.8 Å². The lowest BCUT2D eigenvalue weighted by atomic mass is 9.92. The van der Waals surface area contributed by atoms with Crippen LogP contribution in [0.1, 0.15) is 52.9 Å². The number of piperazine rings is 1. The SMILES string of the molecule is CCNC(=NCCCCN1CC(C)CC(C)C1)N1CCN(C(=O)C2CCCO2)CC1.I. The summed E-state index contributed by atoms with van der Waals surface area (Å²) in [7, 11) is 0. The Labute approximate surface area is 206 Å². The third-order valence-electron chi connectivity index (χ3n) is 6.52. The molecular weight excluding hydrogens is 505 g/mol. The van der Waals surface area contributed by atoms with Gasteiger partial charge in [0.15, 0.2) is 5.96 Å². The molecule has 3 saturated heterocycles. The molecule has 3 rings (SSSR count). The summed E-state index contributed by atoms with van der Waals surface area (Å²) in [6.07, 6.45) is 5.39. The van der Waals surface area contributed by atoms with E-state index < -0.39 is 0 Å². The predicted molar refractivity (Wildman–Crippen MR) is 137 cm³/mol. The Hall–Kier alpha value is -0.610. The number of likely N-dealkylation sites (tertiary alicyclic amines) is 1. The minimum atomic E-state index is -0.204. The molecule has 3 atom stereocenters. The highest BCUT2D eigenvalue weighted by atomic mass is 127. The number of unbranched alkanes of at least 4 members (excludes halogenated alkanes) is 1. The molecule has 7 nitrogen and oxygen atoms in total. The lowest BCUT2D eigenvalue weighted by Gasteiger charge is -2.37. The molecule has 3 aliphatic heterocycles. The fraction of sp³-hybridized carbons (Fsp3) is 0.913. The summed E-state index contributed by atoms with van der Waals surface area (Å²) in [4.78, 5) is 24.3. The topological polar surface area (TPSA) is 60.4 Å². The molecule has 1 N–H and O–H groups in total. The number of nitrogens with zero attached hydrogens (tertiary/aromatic N) is 4.